The Hall–Kier alpha value is -5.15. The van der Waals surface area contributed by atoms with Gasteiger partial charge in [0.05, 0.1) is 29.5 Å². The molecular formula is C39H34N2O7. The molecule has 3 aromatic carbocycles. The molecule has 2 heterocycles. The van der Waals surface area contributed by atoms with Gasteiger partial charge in [-0.3, -0.25) is 24.1 Å². The summed E-state index contributed by atoms with van der Waals surface area (Å²) in [7, 11) is 0. The van der Waals surface area contributed by atoms with Crippen molar-refractivity contribution in [3.8, 4) is 17.2 Å². The Morgan fingerprint density at radius 2 is 1.71 bits per heavy atom. The lowest BCUT2D eigenvalue weighted by atomic mass is 9.47. The van der Waals surface area contributed by atoms with Crippen LogP contribution in [0.25, 0.3) is 22.6 Å². The summed E-state index contributed by atoms with van der Waals surface area (Å²) < 4.78 is 11.9. The molecule has 8 rings (SSSR count). The number of ether oxygens (including phenoxy) is 1. The number of aromatic nitrogens is 1. The van der Waals surface area contributed by atoms with Crippen LogP contribution in [-0.2, 0) is 19.2 Å². The van der Waals surface area contributed by atoms with Gasteiger partial charge in [-0.25, -0.2) is 4.98 Å². The van der Waals surface area contributed by atoms with E-state index in [0.717, 1.165) is 22.2 Å². The van der Waals surface area contributed by atoms with Crippen molar-refractivity contribution in [1.82, 2.24) is 4.98 Å². The standard InChI is InChI=1S/C39H34N2O7/c1-21-19-30(43)28-20-27-24(34(39(28,2)35(21)44)25-7-3-5-9-31(25)47-18-17-42)15-16-26-33(27)38(46)41(37(26)45)23-13-11-22(12-14-23)36-40-29-8-4-6-10-32(29)48-36/h3-15,19,26-28,33-34,42H,16-18,20H2,1-2H3/t26-,27+,28-,33-,34+,39+/m0/s1. The van der Waals surface area contributed by atoms with E-state index in [1.165, 1.54) is 11.0 Å². The van der Waals surface area contributed by atoms with Crippen LogP contribution in [0.15, 0.2) is 101 Å². The molecule has 0 unspecified atom stereocenters. The van der Waals surface area contributed by atoms with Gasteiger partial charge in [0.1, 0.15) is 17.9 Å². The second-order valence-electron chi connectivity index (χ2n) is 13.4. The Kier molecular flexibility index (Phi) is 7.07. The molecule has 1 aromatic heterocycles. The van der Waals surface area contributed by atoms with Crippen LogP contribution < -0.4 is 9.64 Å². The molecule has 0 bridgehead atoms. The van der Waals surface area contributed by atoms with E-state index in [4.69, 9.17) is 9.15 Å². The second kappa shape index (κ2) is 11.2. The highest BCUT2D eigenvalue weighted by Crippen LogP contribution is 2.63. The first kappa shape index (κ1) is 30.2. The van der Waals surface area contributed by atoms with Gasteiger partial charge in [-0.2, -0.15) is 0 Å². The summed E-state index contributed by atoms with van der Waals surface area (Å²) in [6.07, 6.45) is 4.09. The van der Waals surface area contributed by atoms with Gasteiger partial charge in [-0.1, -0.05) is 48.9 Å². The lowest BCUT2D eigenvalue weighted by molar-refractivity contribution is -0.141. The van der Waals surface area contributed by atoms with E-state index in [9.17, 15) is 24.3 Å². The van der Waals surface area contributed by atoms with Crippen LogP contribution in [0.3, 0.4) is 0 Å². The van der Waals surface area contributed by atoms with Crippen molar-refractivity contribution in [3.05, 3.63) is 102 Å². The van der Waals surface area contributed by atoms with E-state index < -0.39 is 35.0 Å². The maximum absolute atomic E-state index is 14.4. The maximum Gasteiger partial charge on any atom is 0.238 e. The van der Waals surface area contributed by atoms with E-state index >= 15 is 0 Å². The fraction of sp³-hybridized carbons (Fsp3) is 0.308. The average molecular weight is 643 g/mol. The fourth-order valence-corrected chi connectivity index (χ4v) is 8.75. The number of Topliss-reactive ketones (excluding diaryl/α,β-unsaturated/α-hetero) is 1. The van der Waals surface area contributed by atoms with Crippen LogP contribution in [0.1, 0.15) is 38.2 Å². The first-order valence-electron chi connectivity index (χ1n) is 16.4. The summed E-state index contributed by atoms with van der Waals surface area (Å²) in [4.78, 5) is 62.1. The van der Waals surface area contributed by atoms with E-state index in [1.807, 2.05) is 55.5 Å². The zero-order chi connectivity index (χ0) is 33.3. The van der Waals surface area contributed by atoms with Gasteiger partial charge in [0, 0.05) is 23.0 Å². The lowest BCUT2D eigenvalue weighted by Gasteiger charge is -2.53. The first-order valence-corrected chi connectivity index (χ1v) is 16.4. The van der Waals surface area contributed by atoms with Gasteiger partial charge in [-0.15, -0.1) is 0 Å². The molecule has 1 N–H and O–H groups in total. The topological polar surface area (TPSA) is 127 Å². The highest BCUT2D eigenvalue weighted by molar-refractivity contribution is 6.22. The Labute approximate surface area is 276 Å². The lowest BCUT2D eigenvalue weighted by Crippen LogP contribution is -2.54. The third-order valence-corrected chi connectivity index (χ3v) is 10.9. The van der Waals surface area contributed by atoms with Crippen LogP contribution in [0.4, 0.5) is 5.69 Å². The Balaban J connectivity index is 1.17. The zero-order valence-corrected chi connectivity index (χ0v) is 26.6. The summed E-state index contributed by atoms with van der Waals surface area (Å²) in [6, 6.07) is 21.9. The van der Waals surface area contributed by atoms with Crippen molar-refractivity contribution in [2.45, 2.75) is 32.6 Å². The summed E-state index contributed by atoms with van der Waals surface area (Å²) in [5.74, 6) is -2.80. The number of benzene rings is 3. The number of anilines is 1. The Morgan fingerprint density at radius 1 is 0.958 bits per heavy atom. The number of rotatable bonds is 6. The molecule has 242 valence electrons. The molecule has 4 aliphatic rings. The SMILES string of the molecule is CC1=CC(=O)[C@@H]2C[C@@H]3C(=CC[C@@H]4C(=O)N(c5ccc(-c6nc7ccccc7o6)cc5)C(=O)[C@@H]43)[C@H](c3ccccc3OCCO)[C@]2(C)C1=O. The highest BCUT2D eigenvalue weighted by Gasteiger charge is 2.63. The van der Waals surface area contributed by atoms with Crippen molar-refractivity contribution in [2.24, 2.45) is 29.1 Å². The molecule has 3 aliphatic carbocycles. The number of hydrogen-bond donors (Lipinski definition) is 1. The number of carbonyl (C=O) groups excluding carboxylic acids is 4. The number of oxazole rings is 1. The molecule has 4 aromatic rings. The van der Waals surface area contributed by atoms with Gasteiger partial charge >= 0.3 is 0 Å². The first-order chi connectivity index (χ1) is 23.2. The molecule has 0 spiro atoms. The predicted octanol–water partition coefficient (Wildman–Crippen LogP) is 5.83. The minimum absolute atomic E-state index is 0.0655. The van der Waals surface area contributed by atoms with Gasteiger partial charge < -0.3 is 14.3 Å². The van der Waals surface area contributed by atoms with E-state index in [-0.39, 0.29) is 43.0 Å². The molecule has 6 atom stereocenters. The number of nitrogens with zero attached hydrogens (tertiary/aromatic N) is 2. The van der Waals surface area contributed by atoms with Gasteiger partial charge in [-0.05, 0) is 79.8 Å². The number of carbonyl (C=O) groups is 4. The minimum Gasteiger partial charge on any atom is -0.491 e. The molecule has 48 heavy (non-hydrogen) atoms. The van der Waals surface area contributed by atoms with Gasteiger partial charge in [0.25, 0.3) is 0 Å². The van der Waals surface area contributed by atoms with E-state index in [0.29, 0.717) is 34.9 Å². The minimum atomic E-state index is -1.12. The predicted molar refractivity (Wildman–Crippen MR) is 177 cm³/mol. The number of allylic oxidation sites excluding steroid dienone is 4. The van der Waals surface area contributed by atoms with Crippen molar-refractivity contribution < 1.29 is 33.4 Å². The number of hydrogen-bond acceptors (Lipinski definition) is 8. The molecule has 1 aliphatic heterocycles. The number of fused-ring (bicyclic) bond motifs is 5. The zero-order valence-electron chi connectivity index (χ0n) is 26.6. The number of ketones is 2. The quantitative estimate of drug-likeness (QED) is 0.206. The number of para-hydroxylation sites is 3. The Morgan fingerprint density at radius 3 is 2.48 bits per heavy atom. The smallest absolute Gasteiger partial charge is 0.238 e. The summed E-state index contributed by atoms with van der Waals surface area (Å²) in [5.41, 5.74) is 3.50. The number of aliphatic hydroxyl groups is 1. The second-order valence-corrected chi connectivity index (χ2v) is 13.4. The third-order valence-electron chi connectivity index (χ3n) is 10.9. The third kappa shape index (κ3) is 4.37. The maximum atomic E-state index is 14.4. The summed E-state index contributed by atoms with van der Waals surface area (Å²) >= 11 is 0. The molecule has 2 amide bonds. The van der Waals surface area contributed by atoms with Crippen LogP contribution in [-0.4, -0.2) is 46.7 Å². The molecule has 0 radical (unpaired) electrons. The Bertz CT molecular complexity index is 2040. The summed E-state index contributed by atoms with van der Waals surface area (Å²) in [6.45, 7) is 3.42. The van der Waals surface area contributed by atoms with Crippen molar-refractivity contribution >= 4 is 40.2 Å². The number of amides is 2. The van der Waals surface area contributed by atoms with E-state index in [1.54, 1.807) is 37.3 Å². The van der Waals surface area contributed by atoms with Crippen molar-refractivity contribution in [3.63, 3.8) is 0 Å². The fourth-order valence-electron chi connectivity index (χ4n) is 8.75. The number of aliphatic hydroxyl groups excluding tert-OH is 1. The van der Waals surface area contributed by atoms with Crippen LogP contribution in [0.2, 0.25) is 0 Å². The monoisotopic (exact) mass is 642 g/mol. The number of imide groups is 1. The van der Waals surface area contributed by atoms with Crippen LogP contribution in [0, 0.1) is 29.1 Å². The largest absolute Gasteiger partial charge is 0.491 e. The van der Waals surface area contributed by atoms with Crippen molar-refractivity contribution in [1.29, 1.82) is 0 Å². The molecule has 9 heteroatoms. The summed E-state index contributed by atoms with van der Waals surface area (Å²) in [5, 5.41) is 9.52. The molecule has 2 fully saturated rings. The normalized spacial score (nSPS) is 28.1. The average Bonchev–Trinajstić information content (AvgIpc) is 3.64. The van der Waals surface area contributed by atoms with Crippen LogP contribution in [0.5, 0.6) is 5.75 Å². The molecule has 1 saturated carbocycles. The highest BCUT2D eigenvalue weighted by atomic mass is 16.5. The van der Waals surface area contributed by atoms with Crippen molar-refractivity contribution in [2.75, 3.05) is 18.1 Å². The molecule has 1 saturated heterocycles. The molecular weight excluding hydrogens is 608 g/mol. The molecule has 9 nitrogen and oxygen atoms in total. The van der Waals surface area contributed by atoms with Gasteiger partial charge in [0.15, 0.2) is 17.1 Å². The van der Waals surface area contributed by atoms with Gasteiger partial charge in [0.2, 0.25) is 17.7 Å². The van der Waals surface area contributed by atoms with E-state index in [2.05, 4.69) is 4.98 Å². The van der Waals surface area contributed by atoms with Crippen LogP contribution >= 0.6 is 0 Å².